The molecule has 1 aromatic rings. The predicted octanol–water partition coefficient (Wildman–Crippen LogP) is 2.39. The second kappa shape index (κ2) is 6.75. The van der Waals surface area contributed by atoms with E-state index >= 15 is 0 Å². The highest BCUT2D eigenvalue weighted by atomic mass is 35.5. The number of rotatable bonds is 2. The van der Waals surface area contributed by atoms with Crippen molar-refractivity contribution < 1.29 is 9.53 Å². The summed E-state index contributed by atoms with van der Waals surface area (Å²) in [6, 6.07) is 3.74. The molecular formula is C16H21Cl2N3O2. The van der Waals surface area contributed by atoms with Crippen molar-refractivity contribution in [3.63, 3.8) is 0 Å². The van der Waals surface area contributed by atoms with Gasteiger partial charge in [-0.15, -0.1) is 12.4 Å². The first kappa shape index (κ1) is 16.7. The zero-order valence-corrected chi connectivity index (χ0v) is 14.4. The van der Waals surface area contributed by atoms with Gasteiger partial charge in [-0.3, -0.25) is 4.79 Å². The second-order valence-electron chi connectivity index (χ2n) is 6.32. The molecule has 1 amide bonds. The Bertz CT molecular complexity index is 603. The Morgan fingerprint density at radius 3 is 2.83 bits per heavy atom. The number of nitrogens with zero attached hydrogens (tertiary/aromatic N) is 1. The van der Waals surface area contributed by atoms with Crippen LogP contribution in [0.5, 0.6) is 5.75 Å². The molecule has 0 aromatic heterocycles. The summed E-state index contributed by atoms with van der Waals surface area (Å²) in [4.78, 5) is 15.1. The molecular weight excluding hydrogens is 337 g/mol. The van der Waals surface area contributed by atoms with Gasteiger partial charge in [0.1, 0.15) is 6.61 Å². The van der Waals surface area contributed by atoms with E-state index in [-0.39, 0.29) is 24.4 Å². The lowest BCUT2D eigenvalue weighted by Crippen LogP contribution is -2.57. The summed E-state index contributed by atoms with van der Waals surface area (Å²) in [5.41, 5.74) is 1.34. The molecule has 1 aromatic carbocycles. The zero-order valence-electron chi connectivity index (χ0n) is 12.8. The molecule has 4 aliphatic rings. The largest absolute Gasteiger partial charge is 0.489 e. The lowest BCUT2D eigenvalue weighted by molar-refractivity contribution is 0.0618. The Labute approximate surface area is 147 Å². The molecule has 4 heterocycles. The third-order valence-electron chi connectivity index (χ3n) is 4.93. The van der Waals surface area contributed by atoms with E-state index in [1.54, 1.807) is 12.1 Å². The van der Waals surface area contributed by atoms with Crippen molar-refractivity contribution in [1.82, 2.24) is 10.2 Å². The highest BCUT2D eigenvalue weighted by molar-refractivity contribution is 6.31. The van der Waals surface area contributed by atoms with Crippen molar-refractivity contribution in [2.24, 2.45) is 5.92 Å². The van der Waals surface area contributed by atoms with Crippen molar-refractivity contribution in [2.45, 2.75) is 18.9 Å². The van der Waals surface area contributed by atoms with Crippen LogP contribution >= 0.6 is 24.0 Å². The summed E-state index contributed by atoms with van der Waals surface area (Å²) in [5, 5.41) is 6.98. The zero-order chi connectivity index (χ0) is 15.1. The number of nitrogens with one attached hydrogen (secondary N) is 2. The molecule has 126 valence electrons. The Balaban J connectivity index is 0.00000156. The van der Waals surface area contributed by atoms with Gasteiger partial charge >= 0.3 is 0 Å². The fraction of sp³-hybridized carbons (Fsp3) is 0.562. The van der Waals surface area contributed by atoms with Crippen molar-refractivity contribution >= 4 is 35.6 Å². The molecule has 2 N–H and O–H groups in total. The van der Waals surface area contributed by atoms with Gasteiger partial charge in [0, 0.05) is 24.2 Å². The van der Waals surface area contributed by atoms with Crippen LogP contribution in [0.1, 0.15) is 23.2 Å². The molecule has 1 unspecified atom stereocenters. The first-order valence-electron chi connectivity index (χ1n) is 7.94. The number of carbonyl (C=O) groups is 1. The van der Waals surface area contributed by atoms with Gasteiger partial charge in [0.15, 0.2) is 5.75 Å². The van der Waals surface area contributed by atoms with Crippen LogP contribution in [-0.2, 0) is 0 Å². The molecule has 1 atom stereocenters. The molecule has 4 aliphatic heterocycles. The fourth-order valence-corrected chi connectivity index (χ4v) is 3.98. The normalized spacial score (nSPS) is 28.0. The van der Waals surface area contributed by atoms with Gasteiger partial charge in [-0.05, 0) is 44.0 Å². The van der Waals surface area contributed by atoms with Gasteiger partial charge in [-0.25, -0.2) is 0 Å². The molecule has 3 fully saturated rings. The van der Waals surface area contributed by atoms with Crippen molar-refractivity contribution in [2.75, 3.05) is 38.1 Å². The van der Waals surface area contributed by atoms with E-state index in [0.717, 1.165) is 31.9 Å². The number of hydrogen-bond donors (Lipinski definition) is 2. The lowest BCUT2D eigenvalue weighted by atomic mass is 9.84. The average molecular weight is 358 g/mol. The minimum atomic E-state index is -0.0822. The molecule has 7 heteroatoms. The number of halogens is 2. The summed E-state index contributed by atoms with van der Waals surface area (Å²) < 4.78 is 5.69. The van der Waals surface area contributed by atoms with Crippen LogP contribution < -0.4 is 15.4 Å². The standard InChI is InChI=1S/C16H20ClN3O2.ClH/c17-11-7-12(15-13(8-11)18-3-6-22-15)16(21)19-14-9-20-4-1-10(14)2-5-20;/h7-8,10,14,18H,1-6,9H2,(H,19,21);1H. The van der Waals surface area contributed by atoms with E-state index in [1.165, 1.54) is 12.8 Å². The third kappa shape index (κ3) is 3.23. The average Bonchev–Trinajstić information content (AvgIpc) is 2.55. The predicted molar refractivity (Wildman–Crippen MR) is 93.1 cm³/mol. The minimum Gasteiger partial charge on any atom is -0.489 e. The first-order valence-corrected chi connectivity index (χ1v) is 8.32. The summed E-state index contributed by atoms with van der Waals surface area (Å²) in [5.74, 6) is 1.14. The molecule has 5 nitrogen and oxygen atoms in total. The highest BCUT2D eigenvalue weighted by Gasteiger charge is 2.35. The van der Waals surface area contributed by atoms with Gasteiger partial charge in [-0.1, -0.05) is 11.6 Å². The van der Waals surface area contributed by atoms with Crippen LogP contribution in [0.2, 0.25) is 5.02 Å². The fourth-order valence-electron chi connectivity index (χ4n) is 3.76. The maximum atomic E-state index is 12.7. The monoisotopic (exact) mass is 357 g/mol. The number of ether oxygens (including phenoxy) is 1. The van der Waals surface area contributed by atoms with E-state index in [2.05, 4.69) is 15.5 Å². The number of carbonyl (C=O) groups excluding carboxylic acids is 1. The smallest absolute Gasteiger partial charge is 0.255 e. The Morgan fingerprint density at radius 1 is 1.35 bits per heavy atom. The van der Waals surface area contributed by atoms with Crippen LogP contribution in [0.25, 0.3) is 0 Å². The molecule has 0 aliphatic carbocycles. The summed E-state index contributed by atoms with van der Waals surface area (Å²) in [6.45, 7) is 4.58. The second-order valence-corrected chi connectivity index (χ2v) is 6.76. The molecule has 23 heavy (non-hydrogen) atoms. The van der Waals surface area contributed by atoms with Gasteiger partial charge in [0.2, 0.25) is 0 Å². The lowest BCUT2D eigenvalue weighted by Gasteiger charge is -2.45. The topological polar surface area (TPSA) is 53.6 Å². The number of fused-ring (bicyclic) bond motifs is 4. The highest BCUT2D eigenvalue weighted by Crippen LogP contribution is 2.35. The van der Waals surface area contributed by atoms with Crippen LogP contribution in [-0.4, -0.2) is 49.6 Å². The van der Waals surface area contributed by atoms with E-state index < -0.39 is 0 Å². The number of hydrogen-bond acceptors (Lipinski definition) is 4. The molecule has 5 rings (SSSR count). The third-order valence-corrected chi connectivity index (χ3v) is 5.15. The molecule has 0 radical (unpaired) electrons. The quantitative estimate of drug-likeness (QED) is 0.853. The number of amides is 1. The Morgan fingerprint density at radius 2 is 2.13 bits per heavy atom. The van der Waals surface area contributed by atoms with Crippen LogP contribution in [0.4, 0.5) is 5.69 Å². The molecule has 2 bridgehead atoms. The number of anilines is 1. The van der Waals surface area contributed by atoms with Crippen LogP contribution in [0, 0.1) is 5.92 Å². The van der Waals surface area contributed by atoms with Crippen molar-refractivity contribution in [3.05, 3.63) is 22.7 Å². The maximum absolute atomic E-state index is 12.7. The van der Waals surface area contributed by atoms with Gasteiger partial charge in [0.05, 0.1) is 11.3 Å². The first-order chi connectivity index (χ1) is 10.7. The Kier molecular flexibility index (Phi) is 4.90. The van der Waals surface area contributed by atoms with Crippen LogP contribution in [0.15, 0.2) is 12.1 Å². The molecule has 0 spiro atoms. The van der Waals surface area contributed by atoms with Crippen molar-refractivity contribution in [3.8, 4) is 5.75 Å². The summed E-state index contributed by atoms with van der Waals surface area (Å²) >= 11 is 6.15. The van der Waals surface area contributed by atoms with Gasteiger partial charge in [0.25, 0.3) is 5.91 Å². The minimum absolute atomic E-state index is 0. The van der Waals surface area contributed by atoms with Crippen LogP contribution in [0.3, 0.4) is 0 Å². The summed E-state index contributed by atoms with van der Waals surface area (Å²) in [7, 11) is 0. The van der Waals surface area contributed by atoms with E-state index in [1.807, 2.05) is 0 Å². The summed E-state index contributed by atoms with van der Waals surface area (Å²) in [6.07, 6.45) is 2.35. The number of benzene rings is 1. The molecule has 3 saturated heterocycles. The van der Waals surface area contributed by atoms with E-state index in [9.17, 15) is 4.79 Å². The molecule has 0 saturated carbocycles. The van der Waals surface area contributed by atoms with E-state index in [4.69, 9.17) is 16.3 Å². The van der Waals surface area contributed by atoms with E-state index in [0.29, 0.717) is 28.9 Å². The maximum Gasteiger partial charge on any atom is 0.255 e. The number of piperidine rings is 3. The SMILES string of the molecule is Cl.O=C(NC1CN2CCC1CC2)c1cc(Cl)cc2c1OCCN2. The van der Waals surface area contributed by atoms with Crippen molar-refractivity contribution in [1.29, 1.82) is 0 Å². The Hall–Kier alpha value is -1.17. The van der Waals surface area contributed by atoms with Gasteiger partial charge < -0.3 is 20.3 Å². The van der Waals surface area contributed by atoms with Gasteiger partial charge in [-0.2, -0.15) is 0 Å².